The maximum atomic E-state index is 12.5. The molecule has 1 heterocycles. The minimum atomic E-state index is -3.32. The van der Waals surface area contributed by atoms with E-state index in [1.165, 1.54) is 16.2 Å². The second-order valence-corrected chi connectivity index (χ2v) is 11.2. The number of nitrogens with one attached hydrogen (secondary N) is 1. The Morgan fingerprint density at radius 3 is 2.61 bits per heavy atom. The molecule has 5 nitrogen and oxygen atoms in total. The fourth-order valence-electron chi connectivity index (χ4n) is 3.38. The van der Waals surface area contributed by atoms with Crippen molar-refractivity contribution in [2.45, 2.75) is 56.6 Å². The van der Waals surface area contributed by atoms with Crippen LogP contribution in [0.1, 0.15) is 48.8 Å². The lowest BCUT2D eigenvalue weighted by Gasteiger charge is -2.17. The molecule has 3 rings (SSSR count). The molecule has 0 fully saturated rings. The number of amides is 1. The third-order valence-electron chi connectivity index (χ3n) is 5.11. The molecule has 1 N–H and O–H groups in total. The second-order valence-electron chi connectivity index (χ2n) is 7.63. The van der Waals surface area contributed by atoms with Gasteiger partial charge in [0.05, 0.1) is 22.1 Å². The molecule has 0 radical (unpaired) electrons. The lowest BCUT2D eigenvalue weighted by molar-refractivity contribution is -0.115. The van der Waals surface area contributed by atoms with E-state index >= 15 is 0 Å². The molecule has 0 saturated heterocycles. The molecule has 0 saturated carbocycles. The van der Waals surface area contributed by atoms with Gasteiger partial charge in [0.1, 0.15) is 11.1 Å². The van der Waals surface area contributed by atoms with Crippen LogP contribution in [0.2, 0.25) is 0 Å². The summed E-state index contributed by atoms with van der Waals surface area (Å²) >= 11 is 1.50. The molecule has 1 atom stereocenters. The van der Waals surface area contributed by atoms with Gasteiger partial charge < -0.3 is 5.32 Å². The number of nitrogens with zero attached hydrogens (tertiary/aromatic N) is 1. The van der Waals surface area contributed by atoms with Gasteiger partial charge in [0.25, 0.3) is 0 Å². The molecule has 1 amide bonds. The maximum Gasteiger partial charge on any atom is 0.229 e. The van der Waals surface area contributed by atoms with Crippen LogP contribution in [0.15, 0.2) is 29.2 Å². The quantitative estimate of drug-likeness (QED) is 0.795. The summed E-state index contributed by atoms with van der Waals surface area (Å²) in [6, 6.07) is 8.68. The zero-order chi connectivity index (χ0) is 20.5. The van der Waals surface area contributed by atoms with E-state index in [1.807, 2.05) is 0 Å². The topological polar surface area (TPSA) is 87.0 Å². The average molecular weight is 417 g/mol. The number of thiophene rings is 1. The number of sulfone groups is 1. The highest BCUT2D eigenvalue weighted by molar-refractivity contribution is 7.92. The van der Waals surface area contributed by atoms with E-state index in [9.17, 15) is 18.5 Å². The fourth-order valence-corrected chi connectivity index (χ4v) is 5.82. The maximum absolute atomic E-state index is 12.5. The van der Waals surface area contributed by atoms with E-state index in [-0.39, 0.29) is 17.2 Å². The summed E-state index contributed by atoms with van der Waals surface area (Å²) in [5, 5.41) is 12.6. The van der Waals surface area contributed by atoms with Gasteiger partial charge in [-0.05, 0) is 62.3 Å². The van der Waals surface area contributed by atoms with Crippen molar-refractivity contribution in [1.29, 1.82) is 5.26 Å². The standard InChI is InChI=1S/C21H24N2O3S2/c1-13(2)28(25,26)16-7-5-15(6-8-16)11-20(24)23-21-18(12-22)17-9-4-14(3)10-19(17)27-21/h5-8,13-14H,4,9-11H2,1-3H3,(H,23,24)/t14-/m0/s1. The summed E-state index contributed by atoms with van der Waals surface area (Å²) in [5.74, 6) is 0.393. The highest BCUT2D eigenvalue weighted by atomic mass is 32.2. The normalized spacial score (nSPS) is 16.5. The molecule has 0 aliphatic heterocycles. The van der Waals surface area contributed by atoms with E-state index < -0.39 is 15.1 Å². The fraction of sp³-hybridized carbons (Fsp3) is 0.429. The minimum absolute atomic E-state index is 0.131. The molecular weight excluding hydrogens is 392 g/mol. The SMILES string of the molecule is CC(C)S(=O)(=O)c1ccc(CC(=O)Nc2sc3c(c2C#N)CC[C@H](C)C3)cc1. The number of fused-ring (bicyclic) bond motifs is 1. The Morgan fingerprint density at radius 1 is 1.32 bits per heavy atom. The summed E-state index contributed by atoms with van der Waals surface area (Å²) in [5.41, 5.74) is 2.41. The van der Waals surface area contributed by atoms with Gasteiger partial charge in [-0.2, -0.15) is 5.26 Å². The summed E-state index contributed by atoms with van der Waals surface area (Å²) in [4.78, 5) is 14.0. The number of nitriles is 1. The van der Waals surface area contributed by atoms with Crippen molar-refractivity contribution < 1.29 is 13.2 Å². The highest BCUT2D eigenvalue weighted by Crippen LogP contribution is 2.39. The van der Waals surface area contributed by atoms with Crippen LogP contribution >= 0.6 is 11.3 Å². The Labute approximate surface area is 170 Å². The van der Waals surface area contributed by atoms with Gasteiger partial charge in [0.15, 0.2) is 9.84 Å². The molecule has 1 aliphatic rings. The van der Waals surface area contributed by atoms with E-state index in [0.717, 1.165) is 30.4 Å². The summed E-state index contributed by atoms with van der Waals surface area (Å²) in [6.45, 7) is 5.49. The van der Waals surface area contributed by atoms with Crippen molar-refractivity contribution in [1.82, 2.24) is 0 Å². The van der Waals surface area contributed by atoms with Crippen molar-refractivity contribution in [2.24, 2.45) is 5.92 Å². The van der Waals surface area contributed by atoms with Crippen LogP contribution in [0, 0.1) is 17.2 Å². The molecule has 0 bridgehead atoms. The monoisotopic (exact) mass is 416 g/mol. The highest BCUT2D eigenvalue weighted by Gasteiger charge is 2.25. The first-order valence-electron chi connectivity index (χ1n) is 9.39. The zero-order valence-corrected chi connectivity index (χ0v) is 17.9. The molecule has 0 spiro atoms. The van der Waals surface area contributed by atoms with Crippen molar-refractivity contribution >= 4 is 32.1 Å². The van der Waals surface area contributed by atoms with Crippen LogP contribution < -0.4 is 5.32 Å². The Morgan fingerprint density at radius 2 is 2.00 bits per heavy atom. The van der Waals surface area contributed by atoms with E-state index in [1.54, 1.807) is 38.1 Å². The van der Waals surface area contributed by atoms with Crippen LogP contribution in [0.3, 0.4) is 0 Å². The molecule has 28 heavy (non-hydrogen) atoms. The third-order valence-corrected chi connectivity index (χ3v) is 8.45. The molecule has 2 aromatic rings. The number of hydrogen-bond donors (Lipinski definition) is 1. The number of carbonyl (C=O) groups is 1. The minimum Gasteiger partial charge on any atom is -0.316 e. The van der Waals surface area contributed by atoms with Gasteiger partial charge in [-0.3, -0.25) is 4.79 Å². The molecular formula is C21H24N2O3S2. The summed E-state index contributed by atoms with van der Waals surface area (Å²) < 4.78 is 24.4. The van der Waals surface area contributed by atoms with Crippen LogP contribution in [0.5, 0.6) is 0 Å². The molecule has 0 unspecified atom stereocenters. The summed E-state index contributed by atoms with van der Waals surface area (Å²) in [6.07, 6.45) is 3.04. The number of rotatable bonds is 5. The van der Waals surface area contributed by atoms with Crippen LogP contribution in [-0.2, 0) is 33.9 Å². The van der Waals surface area contributed by atoms with Crippen molar-refractivity contribution in [3.63, 3.8) is 0 Å². The second kappa shape index (κ2) is 8.06. The van der Waals surface area contributed by atoms with Crippen LogP contribution in [0.25, 0.3) is 0 Å². The lowest BCUT2D eigenvalue weighted by Crippen LogP contribution is -2.15. The van der Waals surface area contributed by atoms with Crippen molar-refractivity contribution in [3.8, 4) is 6.07 Å². The van der Waals surface area contributed by atoms with Gasteiger partial charge in [-0.1, -0.05) is 19.1 Å². The molecule has 148 valence electrons. The van der Waals surface area contributed by atoms with Crippen LogP contribution in [-0.4, -0.2) is 19.6 Å². The Kier molecular flexibility index (Phi) is 5.92. The molecule has 1 aromatic heterocycles. The van der Waals surface area contributed by atoms with Crippen molar-refractivity contribution in [2.75, 3.05) is 5.32 Å². The van der Waals surface area contributed by atoms with E-state index in [2.05, 4.69) is 18.3 Å². The first-order valence-corrected chi connectivity index (χ1v) is 11.8. The predicted octanol–water partition coefficient (Wildman–Crippen LogP) is 4.11. The van der Waals surface area contributed by atoms with Gasteiger partial charge >= 0.3 is 0 Å². The largest absolute Gasteiger partial charge is 0.316 e. The Bertz CT molecular complexity index is 1030. The number of anilines is 1. The van der Waals surface area contributed by atoms with E-state index in [4.69, 9.17) is 0 Å². The van der Waals surface area contributed by atoms with Gasteiger partial charge in [-0.25, -0.2) is 8.42 Å². The first kappa shape index (κ1) is 20.6. The average Bonchev–Trinajstić information content (AvgIpc) is 2.97. The Balaban J connectivity index is 1.72. The van der Waals surface area contributed by atoms with E-state index in [0.29, 0.717) is 16.5 Å². The predicted molar refractivity (Wildman–Crippen MR) is 111 cm³/mol. The first-order chi connectivity index (χ1) is 13.2. The van der Waals surface area contributed by atoms with Crippen molar-refractivity contribution in [3.05, 3.63) is 45.8 Å². The van der Waals surface area contributed by atoms with Gasteiger partial charge in [0, 0.05) is 4.88 Å². The number of hydrogen-bond acceptors (Lipinski definition) is 5. The van der Waals surface area contributed by atoms with Crippen LogP contribution in [0.4, 0.5) is 5.00 Å². The van der Waals surface area contributed by atoms with Gasteiger partial charge in [-0.15, -0.1) is 11.3 Å². The molecule has 1 aromatic carbocycles. The third kappa shape index (κ3) is 4.13. The number of carbonyl (C=O) groups excluding carboxylic acids is 1. The smallest absolute Gasteiger partial charge is 0.229 e. The molecule has 7 heteroatoms. The summed E-state index contributed by atoms with van der Waals surface area (Å²) in [7, 11) is -3.32. The zero-order valence-electron chi connectivity index (χ0n) is 16.3. The number of benzene rings is 1. The Hall–Kier alpha value is -2.17. The lowest BCUT2D eigenvalue weighted by atomic mass is 9.88. The van der Waals surface area contributed by atoms with Gasteiger partial charge in [0.2, 0.25) is 5.91 Å². The molecule has 1 aliphatic carbocycles.